The van der Waals surface area contributed by atoms with Crippen LogP contribution in [0.4, 0.5) is 0 Å². The molecule has 0 aliphatic rings. The molecule has 18 heavy (non-hydrogen) atoms. The molecular weight excluding hydrogens is 234 g/mol. The number of carbonyl (C=O) groups excluding carboxylic acids is 1. The van der Waals surface area contributed by atoms with Crippen LogP contribution in [0.15, 0.2) is 24.8 Å². The first kappa shape index (κ1) is 12.0. The molecule has 0 aromatic carbocycles. The van der Waals surface area contributed by atoms with Crippen LogP contribution in [0.5, 0.6) is 5.75 Å². The fourth-order valence-electron chi connectivity index (χ4n) is 1.49. The average Bonchev–Trinajstić information content (AvgIpc) is 2.75. The minimum absolute atomic E-state index is 0.131. The lowest BCUT2D eigenvalue weighted by molar-refractivity contribution is 0.0951. The Hall–Kier alpha value is -2.44. The van der Waals surface area contributed by atoms with E-state index in [1.807, 2.05) is 7.05 Å². The highest BCUT2D eigenvalue weighted by atomic mass is 16.3. The number of amides is 1. The van der Waals surface area contributed by atoms with Crippen LogP contribution in [-0.4, -0.2) is 37.3 Å². The molecule has 1 amide bonds. The molecule has 2 heterocycles. The van der Waals surface area contributed by atoms with Gasteiger partial charge in [-0.1, -0.05) is 0 Å². The second-order valence-electron chi connectivity index (χ2n) is 3.76. The van der Waals surface area contributed by atoms with Gasteiger partial charge in [0.2, 0.25) is 0 Å². The van der Waals surface area contributed by atoms with Crippen LogP contribution >= 0.6 is 0 Å². The monoisotopic (exact) mass is 247 g/mol. The lowest BCUT2D eigenvalue weighted by atomic mass is 10.2. The van der Waals surface area contributed by atoms with Gasteiger partial charge < -0.3 is 15.0 Å². The number of aryl methyl sites for hydroxylation is 1. The van der Waals surface area contributed by atoms with Gasteiger partial charge in [0.15, 0.2) is 0 Å². The Morgan fingerprint density at radius 1 is 1.56 bits per heavy atom. The summed E-state index contributed by atoms with van der Waals surface area (Å²) in [6, 6.07) is 1.47. The maximum Gasteiger partial charge on any atom is 0.255 e. The third kappa shape index (κ3) is 2.62. The quantitative estimate of drug-likeness (QED) is 0.786. The molecule has 0 unspecified atom stereocenters. The van der Waals surface area contributed by atoms with E-state index >= 15 is 0 Å². The zero-order valence-electron chi connectivity index (χ0n) is 9.87. The van der Waals surface area contributed by atoms with Crippen molar-refractivity contribution in [1.29, 1.82) is 0 Å². The Bertz CT molecular complexity index is 552. The number of pyridine rings is 1. The topological polar surface area (TPSA) is 92.9 Å². The van der Waals surface area contributed by atoms with Crippen molar-refractivity contribution in [3.05, 3.63) is 36.2 Å². The normalized spacial score (nSPS) is 10.3. The Morgan fingerprint density at radius 3 is 3.06 bits per heavy atom. The maximum atomic E-state index is 11.7. The van der Waals surface area contributed by atoms with Crippen molar-refractivity contribution in [2.24, 2.45) is 7.05 Å². The van der Waals surface area contributed by atoms with E-state index in [-0.39, 0.29) is 17.2 Å². The lowest BCUT2D eigenvalue weighted by Gasteiger charge is -2.05. The molecule has 2 aromatic heterocycles. The summed E-state index contributed by atoms with van der Waals surface area (Å²) in [7, 11) is 1.84. The maximum absolute atomic E-state index is 11.7. The van der Waals surface area contributed by atoms with Crippen molar-refractivity contribution in [1.82, 2.24) is 25.1 Å². The molecule has 2 rings (SSSR count). The van der Waals surface area contributed by atoms with Gasteiger partial charge in [-0.3, -0.25) is 9.78 Å². The summed E-state index contributed by atoms with van der Waals surface area (Å²) in [4.78, 5) is 15.4. The molecule has 0 fully saturated rings. The minimum Gasteiger partial charge on any atom is -0.505 e. The summed E-state index contributed by atoms with van der Waals surface area (Å²) in [6.45, 7) is 0.424. The van der Waals surface area contributed by atoms with Gasteiger partial charge in [0.05, 0.1) is 11.8 Å². The summed E-state index contributed by atoms with van der Waals surface area (Å²) < 4.78 is 1.79. The number of rotatable bonds is 4. The van der Waals surface area contributed by atoms with Gasteiger partial charge in [-0.2, -0.15) is 0 Å². The van der Waals surface area contributed by atoms with Gasteiger partial charge in [-0.15, -0.1) is 10.2 Å². The van der Waals surface area contributed by atoms with Gasteiger partial charge in [-0.25, -0.2) is 0 Å². The summed E-state index contributed by atoms with van der Waals surface area (Å²) >= 11 is 0. The number of carbonyl (C=O) groups is 1. The summed E-state index contributed by atoms with van der Waals surface area (Å²) in [5.41, 5.74) is 0.211. The van der Waals surface area contributed by atoms with Crippen LogP contribution in [0.3, 0.4) is 0 Å². The first-order valence-corrected chi connectivity index (χ1v) is 5.42. The van der Waals surface area contributed by atoms with Gasteiger partial charge in [0.25, 0.3) is 5.91 Å². The Kier molecular flexibility index (Phi) is 3.52. The van der Waals surface area contributed by atoms with E-state index in [2.05, 4.69) is 20.5 Å². The first-order valence-electron chi connectivity index (χ1n) is 5.42. The Balaban J connectivity index is 1.90. The first-order chi connectivity index (χ1) is 8.68. The summed E-state index contributed by atoms with van der Waals surface area (Å²) in [5, 5.41) is 19.8. The summed E-state index contributed by atoms with van der Waals surface area (Å²) in [5.74, 6) is 0.319. The van der Waals surface area contributed by atoms with Crippen LogP contribution in [0.1, 0.15) is 16.2 Å². The van der Waals surface area contributed by atoms with Crippen LogP contribution in [0.2, 0.25) is 0 Å². The smallest absolute Gasteiger partial charge is 0.255 e. The van der Waals surface area contributed by atoms with E-state index in [1.54, 1.807) is 10.9 Å². The van der Waals surface area contributed by atoms with E-state index in [9.17, 15) is 9.90 Å². The van der Waals surface area contributed by atoms with E-state index in [4.69, 9.17) is 0 Å². The Labute approximate surface area is 104 Å². The molecule has 0 bridgehead atoms. The van der Waals surface area contributed by atoms with Crippen molar-refractivity contribution >= 4 is 5.91 Å². The molecule has 0 aliphatic heterocycles. The summed E-state index contributed by atoms with van der Waals surface area (Å²) in [6.07, 6.45) is 4.87. The van der Waals surface area contributed by atoms with Crippen LogP contribution in [0.25, 0.3) is 0 Å². The molecule has 94 valence electrons. The predicted molar refractivity (Wildman–Crippen MR) is 62.9 cm³/mol. The highest BCUT2D eigenvalue weighted by molar-refractivity contribution is 5.96. The van der Waals surface area contributed by atoms with Gasteiger partial charge >= 0.3 is 0 Å². The number of aromatic hydroxyl groups is 1. The molecule has 2 N–H and O–H groups in total. The molecule has 0 aliphatic carbocycles. The van der Waals surface area contributed by atoms with E-state index in [0.29, 0.717) is 13.0 Å². The highest BCUT2D eigenvalue weighted by Gasteiger charge is 2.10. The highest BCUT2D eigenvalue weighted by Crippen LogP contribution is 2.13. The SMILES string of the molecule is Cn1cnnc1CCNC(=O)c1ccncc1O. The second kappa shape index (κ2) is 5.26. The van der Waals surface area contributed by atoms with E-state index < -0.39 is 0 Å². The fourth-order valence-corrected chi connectivity index (χ4v) is 1.49. The zero-order valence-corrected chi connectivity index (χ0v) is 9.87. The number of aromatic nitrogens is 4. The van der Waals surface area contributed by atoms with Crippen molar-refractivity contribution in [2.75, 3.05) is 6.54 Å². The van der Waals surface area contributed by atoms with Crippen LogP contribution in [0, 0.1) is 0 Å². The third-order valence-corrected chi connectivity index (χ3v) is 2.48. The molecule has 7 heteroatoms. The molecule has 0 atom stereocenters. The lowest BCUT2D eigenvalue weighted by Crippen LogP contribution is -2.26. The third-order valence-electron chi connectivity index (χ3n) is 2.48. The van der Waals surface area contributed by atoms with Crippen LogP contribution < -0.4 is 5.32 Å². The number of nitrogens with zero attached hydrogens (tertiary/aromatic N) is 4. The van der Waals surface area contributed by atoms with E-state index in [1.165, 1.54) is 18.5 Å². The predicted octanol–water partition coefficient (Wildman–Crippen LogP) is -0.112. The van der Waals surface area contributed by atoms with Gasteiger partial charge in [0.1, 0.15) is 17.9 Å². The molecule has 0 saturated carbocycles. The van der Waals surface area contributed by atoms with Crippen molar-refractivity contribution in [2.45, 2.75) is 6.42 Å². The number of nitrogens with one attached hydrogen (secondary N) is 1. The molecule has 0 spiro atoms. The van der Waals surface area contributed by atoms with Gasteiger partial charge in [0, 0.05) is 26.2 Å². The second-order valence-corrected chi connectivity index (χ2v) is 3.76. The van der Waals surface area contributed by atoms with Crippen molar-refractivity contribution < 1.29 is 9.90 Å². The van der Waals surface area contributed by atoms with Gasteiger partial charge in [-0.05, 0) is 6.07 Å². The molecule has 7 nitrogen and oxygen atoms in total. The van der Waals surface area contributed by atoms with Crippen LogP contribution in [-0.2, 0) is 13.5 Å². The minimum atomic E-state index is -0.336. The fraction of sp³-hybridized carbons (Fsp3) is 0.273. The molecule has 0 radical (unpaired) electrons. The molecule has 0 saturated heterocycles. The average molecular weight is 247 g/mol. The zero-order chi connectivity index (χ0) is 13.0. The molecular formula is C11H13N5O2. The number of hydrogen-bond acceptors (Lipinski definition) is 5. The standard InChI is InChI=1S/C11H13N5O2/c1-16-7-14-15-10(16)3-5-13-11(18)8-2-4-12-6-9(8)17/h2,4,6-7,17H,3,5H2,1H3,(H,13,18). The van der Waals surface area contributed by atoms with Crippen molar-refractivity contribution in [3.63, 3.8) is 0 Å². The Morgan fingerprint density at radius 2 is 2.39 bits per heavy atom. The number of hydrogen-bond donors (Lipinski definition) is 2. The largest absolute Gasteiger partial charge is 0.505 e. The molecule has 2 aromatic rings. The van der Waals surface area contributed by atoms with Crippen molar-refractivity contribution in [3.8, 4) is 5.75 Å². The van der Waals surface area contributed by atoms with E-state index in [0.717, 1.165) is 5.82 Å².